The molecule has 2 aromatic carbocycles. The lowest BCUT2D eigenvalue weighted by molar-refractivity contribution is -0.122. The maximum absolute atomic E-state index is 13.0. The largest absolute Gasteiger partial charge is 0.490 e. The van der Waals surface area contributed by atoms with E-state index in [1.54, 1.807) is 23.1 Å². The molecule has 1 aliphatic rings. The van der Waals surface area contributed by atoms with Crippen LogP contribution in [0.2, 0.25) is 5.02 Å². The number of nitrogens with one attached hydrogen (secondary N) is 1. The lowest BCUT2D eigenvalue weighted by atomic mass is 10.1. The van der Waals surface area contributed by atoms with Gasteiger partial charge in [-0.05, 0) is 80.6 Å². The quantitative estimate of drug-likeness (QED) is 0.473. The molecule has 2 aromatic rings. The maximum Gasteiger partial charge on any atom is 0.266 e. The van der Waals surface area contributed by atoms with Crippen molar-refractivity contribution in [1.82, 2.24) is 4.90 Å². The zero-order chi connectivity index (χ0) is 24.7. The number of likely N-dealkylation sites (N-methyl/N-ethyl adjacent to an activating group) is 1. The number of thioether (sulfide) groups is 1. The molecule has 0 radical (unpaired) electrons. The molecule has 0 atom stereocenters. The number of carbonyl (C=O) groups is 2. The van der Waals surface area contributed by atoms with Gasteiger partial charge in [-0.15, -0.1) is 0 Å². The van der Waals surface area contributed by atoms with Crippen LogP contribution in [0.15, 0.2) is 46.3 Å². The summed E-state index contributed by atoms with van der Waals surface area (Å²) >= 11 is 7.77. The van der Waals surface area contributed by atoms with Gasteiger partial charge in [0.1, 0.15) is 5.82 Å². The number of rotatable bonds is 9. The Kier molecular flexibility index (Phi) is 8.95. The van der Waals surface area contributed by atoms with E-state index in [1.165, 1.54) is 36.0 Å². The van der Waals surface area contributed by atoms with Crippen molar-refractivity contribution in [1.29, 1.82) is 0 Å². The summed E-state index contributed by atoms with van der Waals surface area (Å²) in [5.74, 6) is -0.389. The fourth-order valence-corrected chi connectivity index (χ4v) is 4.51. The molecule has 1 heterocycles. The summed E-state index contributed by atoms with van der Waals surface area (Å²) in [6.07, 6.45) is 1.73. The van der Waals surface area contributed by atoms with Crippen LogP contribution in [0.4, 0.5) is 10.1 Å². The molecule has 10 heteroatoms. The molecule has 0 spiro atoms. The van der Waals surface area contributed by atoms with E-state index in [4.69, 9.17) is 21.1 Å². The number of hydrogen-bond donors (Lipinski definition) is 1. The van der Waals surface area contributed by atoms with E-state index in [0.29, 0.717) is 46.8 Å². The van der Waals surface area contributed by atoms with E-state index in [1.807, 2.05) is 20.8 Å². The van der Waals surface area contributed by atoms with Gasteiger partial charge in [0.2, 0.25) is 0 Å². The van der Waals surface area contributed by atoms with Crippen molar-refractivity contribution in [2.75, 3.05) is 31.6 Å². The molecule has 0 saturated carbocycles. The third-order valence-corrected chi connectivity index (χ3v) is 5.93. The first-order chi connectivity index (χ1) is 16.4. The van der Waals surface area contributed by atoms with Crippen molar-refractivity contribution < 1.29 is 23.5 Å². The van der Waals surface area contributed by atoms with Crippen LogP contribution < -0.4 is 14.8 Å². The Morgan fingerprint density at radius 1 is 1.21 bits per heavy atom. The number of anilines is 1. The number of aliphatic imine (C=N–C) groups is 1. The number of benzene rings is 2. The van der Waals surface area contributed by atoms with Crippen LogP contribution >= 0.6 is 23.4 Å². The molecule has 180 valence electrons. The highest BCUT2D eigenvalue weighted by Gasteiger charge is 2.32. The number of nitrogens with zero attached hydrogens (tertiary/aromatic N) is 2. The maximum atomic E-state index is 13.0. The number of amidine groups is 1. The molecule has 7 nitrogen and oxygen atoms in total. The molecule has 0 aromatic heterocycles. The summed E-state index contributed by atoms with van der Waals surface area (Å²) in [7, 11) is 0. The van der Waals surface area contributed by atoms with Crippen molar-refractivity contribution in [2.45, 2.75) is 20.8 Å². The van der Waals surface area contributed by atoms with E-state index >= 15 is 0 Å². The molecule has 0 bridgehead atoms. The molecule has 1 N–H and O–H groups in total. The van der Waals surface area contributed by atoms with Gasteiger partial charge in [0.25, 0.3) is 11.8 Å². The van der Waals surface area contributed by atoms with Gasteiger partial charge in [-0.3, -0.25) is 19.5 Å². The minimum Gasteiger partial charge on any atom is -0.490 e. The summed E-state index contributed by atoms with van der Waals surface area (Å²) in [4.78, 5) is 31.5. The second kappa shape index (κ2) is 11.9. The Bertz CT molecular complexity index is 1120. The molecule has 1 aliphatic heterocycles. The second-order valence-corrected chi connectivity index (χ2v) is 8.44. The number of halogens is 2. The van der Waals surface area contributed by atoms with E-state index in [9.17, 15) is 14.0 Å². The van der Waals surface area contributed by atoms with Crippen LogP contribution in [-0.4, -0.2) is 48.2 Å². The van der Waals surface area contributed by atoms with E-state index in [0.717, 1.165) is 0 Å². The molecule has 2 amide bonds. The number of carbonyl (C=O) groups excluding carboxylic acids is 2. The van der Waals surface area contributed by atoms with Crippen molar-refractivity contribution in [3.8, 4) is 11.5 Å². The minimum atomic E-state index is -0.438. The molecule has 0 unspecified atom stereocenters. The number of ether oxygens (including phenoxy) is 2. The van der Waals surface area contributed by atoms with Crippen LogP contribution in [0.25, 0.3) is 6.08 Å². The highest BCUT2D eigenvalue weighted by molar-refractivity contribution is 8.18. The highest BCUT2D eigenvalue weighted by Crippen LogP contribution is 2.39. The van der Waals surface area contributed by atoms with E-state index < -0.39 is 11.7 Å². The molecular formula is C24H25ClFN3O4S. The first-order valence-electron chi connectivity index (χ1n) is 10.8. The Labute approximate surface area is 207 Å². The van der Waals surface area contributed by atoms with Crippen LogP contribution in [0.1, 0.15) is 26.3 Å². The first kappa shape index (κ1) is 25.6. The average molecular weight is 506 g/mol. The molecule has 1 saturated heterocycles. The standard InChI is InChI=1S/C24H25ClFN3O4S/c1-4-27-24-29(5-2)23(31)20(34-24)13-15-11-18(25)22(19(12-15)32-6-3)33-14-21(30)28-17-9-7-16(26)8-10-17/h7-13H,4-6,14H2,1-3H3,(H,28,30)/b20-13+,27-24?. The van der Waals surface area contributed by atoms with Gasteiger partial charge in [-0.2, -0.15) is 0 Å². The summed E-state index contributed by atoms with van der Waals surface area (Å²) in [6.45, 7) is 6.76. The summed E-state index contributed by atoms with van der Waals surface area (Å²) < 4.78 is 24.4. The van der Waals surface area contributed by atoms with Gasteiger partial charge in [-0.1, -0.05) is 11.6 Å². The Morgan fingerprint density at radius 2 is 1.94 bits per heavy atom. The van der Waals surface area contributed by atoms with Crippen LogP contribution in [-0.2, 0) is 9.59 Å². The third-order valence-electron chi connectivity index (χ3n) is 4.60. The van der Waals surface area contributed by atoms with Gasteiger partial charge < -0.3 is 14.8 Å². The lowest BCUT2D eigenvalue weighted by Gasteiger charge is -2.14. The van der Waals surface area contributed by atoms with Crippen molar-refractivity contribution >= 4 is 52.1 Å². The van der Waals surface area contributed by atoms with Crippen molar-refractivity contribution in [3.05, 3.63) is 57.7 Å². The lowest BCUT2D eigenvalue weighted by Crippen LogP contribution is -2.28. The second-order valence-electron chi connectivity index (χ2n) is 7.02. The fraction of sp³-hybridized carbons (Fsp3) is 0.292. The summed E-state index contributed by atoms with van der Waals surface area (Å²) in [6, 6.07) is 8.74. The zero-order valence-corrected chi connectivity index (χ0v) is 20.6. The summed E-state index contributed by atoms with van der Waals surface area (Å²) in [5.41, 5.74) is 1.10. The van der Waals surface area contributed by atoms with Gasteiger partial charge in [-0.25, -0.2) is 4.39 Å². The van der Waals surface area contributed by atoms with Crippen molar-refractivity contribution in [2.24, 2.45) is 4.99 Å². The Morgan fingerprint density at radius 3 is 2.59 bits per heavy atom. The van der Waals surface area contributed by atoms with Gasteiger partial charge in [0, 0.05) is 18.8 Å². The molecular weight excluding hydrogens is 481 g/mol. The topological polar surface area (TPSA) is 80.2 Å². The first-order valence-corrected chi connectivity index (χ1v) is 12.0. The van der Waals surface area contributed by atoms with Crippen LogP contribution in [0.3, 0.4) is 0 Å². The van der Waals surface area contributed by atoms with Crippen molar-refractivity contribution in [3.63, 3.8) is 0 Å². The van der Waals surface area contributed by atoms with Crippen LogP contribution in [0, 0.1) is 5.82 Å². The number of amides is 2. The fourth-order valence-electron chi connectivity index (χ4n) is 3.13. The smallest absolute Gasteiger partial charge is 0.266 e. The van der Waals surface area contributed by atoms with E-state index in [2.05, 4.69) is 10.3 Å². The predicted molar refractivity (Wildman–Crippen MR) is 134 cm³/mol. The molecule has 0 aliphatic carbocycles. The number of hydrogen-bond acceptors (Lipinski definition) is 6. The zero-order valence-electron chi connectivity index (χ0n) is 19.1. The monoisotopic (exact) mass is 505 g/mol. The highest BCUT2D eigenvalue weighted by atomic mass is 35.5. The van der Waals surface area contributed by atoms with Gasteiger partial charge in [0.15, 0.2) is 23.3 Å². The van der Waals surface area contributed by atoms with Gasteiger partial charge in [0.05, 0.1) is 16.5 Å². The van der Waals surface area contributed by atoms with Crippen LogP contribution in [0.5, 0.6) is 11.5 Å². The molecule has 3 rings (SSSR count). The Hall–Kier alpha value is -3.04. The summed E-state index contributed by atoms with van der Waals surface area (Å²) in [5, 5.41) is 3.52. The van der Waals surface area contributed by atoms with E-state index in [-0.39, 0.29) is 23.3 Å². The SMILES string of the molecule is CCN=C1S/C(=C/c2cc(Cl)c(OCC(=O)Nc3ccc(F)cc3)c(OCC)c2)C(=O)N1CC. The molecule has 1 fully saturated rings. The average Bonchev–Trinajstić information content (AvgIpc) is 3.09. The predicted octanol–water partition coefficient (Wildman–Crippen LogP) is 5.21. The third kappa shape index (κ3) is 6.30. The minimum absolute atomic E-state index is 0.119. The normalized spacial score (nSPS) is 15.8. The Balaban J connectivity index is 1.78. The van der Waals surface area contributed by atoms with Gasteiger partial charge >= 0.3 is 0 Å². The molecule has 34 heavy (non-hydrogen) atoms.